The lowest BCUT2D eigenvalue weighted by molar-refractivity contribution is -0.123. The molecule has 29 heavy (non-hydrogen) atoms. The second-order valence-corrected chi connectivity index (χ2v) is 9.90. The van der Waals surface area contributed by atoms with Crippen LogP contribution in [0.2, 0.25) is 5.02 Å². The third-order valence-corrected chi connectivity index (χ3v) is 6.31. The Bertz CT molecular complexity index is 905. The van der Waals surface area contributed by atoms with Crippen LogP contribution in [0.3, 0.4) is 0 Å². The van der Waals surface area contributed by atoms with Crippen molar-refractivity contribution >= 4 is 39.5 Å². The van der Waals surface area contributed by atoms with Gasteiger partial charge < -0.3 is 10.1 Å². The fourth-order valence-corrected chi connectivity index (χ4v) is 4.66. The molecule has 0 unspecified atom stereocenters. The summed E-state index contributed by atoms with van der Waals surface area (Å²) in [4.78, 5) is 35.4. The number of nitrogens with zero attached hydrogens (tertiary/aromatic N) is 1. The molecule has 0 radical (unpaired) electrons. The van der Waals surface area contributed by atoms with Gasteiger partial charge in [0.25, 0.3) is 5.91 Å². The lowest BCUT2D eigenvalue weighted by atomic mass is 10.1. The molecule has 1 aromatic rings. The van der Waals surface area contributed by atoms with Crippen LogP contribution in [0.25, 0.3) is 0 Å². The highest BCUT2D eigenvalue weighted by Gasteiger charge is 2.30. The summed E-state index contributed by atoms with van der Waals surface area (Å²) >= 11 is 6.03. The summed E-state index contributed by atoms with van der Waals surface area (Å²) in [7, 11) is -3.83. The first-order valence-corrected chi connectivity index (χ1v) is 10.8. The molecule has 9 nitrogen and oxygen atoms in total. The number of carbonyl (C=O) groups excluding carboxylic acids is 3. The van der Waals surface area contributed by atoms with Crippen LogP contribution in [-0.2, 0) is 19.6 Å². The molecular weight excluding hydrogens is 422 g/mol. The molecule has 1 aliphatic heterocycles. The maximum absolute atomic E-state index is 12.7. The van der Waals surface area contributed by atoms with Crippen molar-refractivity contribution in [2.45, 2.75) is 44.0 Å². The molecule has 1 fully saturated rings. The predicted molar refractivity (Wildman–Crippen MR) is 106 cm³/mol. The van der Waals surface area contributed by atoms with Gasteiger partial charge in [0, 0.05) is 18.6 Å². The van der Waals surface area contributed by atoms with Crippen molar-refractivity contribution in [3.8, 4) is 0 Å². The Kier molecular flexibility index (Phi) is 7.25. The first-order valence-electron chi connectivity index (χ1n) is 8.99. The number of amides is 3. The monoisotopic (exact) mass is 445 g/mol. The molecule has 0 atom stereocenters. The predicted octanol–water partition coefficient (Wildman–Crippen LogP) is 1.91. The summed E-state index contributed by atoms with van der Waals surface area (Å²) in [5, 5.41) is 4.56. The van der Waals surface area contributed by atoms with Gasteiger partial charge in [0.1, 0.15) is 4.90 Å². The minimum Gasteiger partial charge on any atom is -0.452 e. The Hall–Kier alpha value is -2.17. The molecule has 1 aromatic carbocycles. The summed E-state index contributed by atoms with van der Waals surface area (Å²) in [6.45, 7) is 5.31. The highest BCUT2D eigenvalue weighted by atomic mass is 35.5. The first kappa shape index (κ1) is 23.1. The van der Waals surface area contributed by atoms with Crippen LogP contribution in [0.5, 0.6) is 0 Å². The number of nitrogens with one attached hydrogen (secondary N) is 2. The summed E-state index contributed by atoms with van der Waals surface area (Å²) < 4.78 is 31.6. The molecule has 0 aromatic heterocycles. The van der Waals surface area contributed by atoms with E-state index in [9.17, 15) is 22.8 Å². The molecule has 1 aliphatic rings. The maximum Gasteiger partial charge on any atom is 0.338 e. The normalized spacial score (nSPS) is 15.0. The third-order valence-electron chi connectivity index (χ3n) is 3.93. The molecule has 3 amide bonds. The Labute approximate surface area is 174 Å². The molecule has 2 N–H and O–H groups in total. The molecule has 1 saturated heterocycles. The van der Waals surface area contributed by atoms with E-state index in [-0.39, 0.29) is 15.5 Å². The van der Waals surface area contributed by atoms with Crippen molar-refractivity contribution in [2.75, 3.05) is 19.7 Å². The second kappa shape index (κ2) is 9.10. The molecule has 11 heteroatoms. The average molecular weight is 446 g/mol. The van der Waals surface area contributed by atoms with E-state index >= 15 is 0 Å². The lowest BCUT2D eigenvalue weighted by Gasteiger charge is -2.20. The van der Waals surface area contributed by atoms with E-state index in [1.54, 1.807) is 20.8 Å². The molecule has 0 bridgehead atoms. The Morgan fingerprint density at radius 3 is 2.38 bits per heavy atom. The van der Waals surface area contributed by atoms with Gasteiger partial charge >= 0.3 is 12.0 Å². The highest BCUT2D eigenvalue weighted by molar-refractivity contribution is 7.89. The van der Waals surface area contributed by atoms with Gasteiger partial charge in [-0.25, -0.2) is 18.0 Å². The number of hydrogen-bond acceptors (Lipinski definition) is 6. The number of imide groups is 1. The van der Waals surface area contributed by atoms with Gasteiger partial charge in [-0.15, -0.1) is 0 Å². The summed E-state index contributed by atoms with van der Waals surface area (Å²) in [6, 6.07) is 3.00. The van der Waals surface area contributed by atoms with E-state index in [1.165, 1.54) is 16.4 Å². The SMILES string of the molecule is CC(C)(C)NC(=O)NC(=O)COC(=O)c1ccc(Cl)c(S(=O)(=O)N2CCCC2)c1. The lowest BCUT2D eigenvalue weighted by Crippen LogP contribution is -2.49. The fraction of sp³-hybridized carbons (Fsp3) is 0.500. The topological polar surface area (TPSA) is 122 Å². The summed E-state index contributed by atoms with van der Waals surface area (Å²) in [5.41, 5.74) is -0.610. The van der Waals surface area contributed by atoms with E-state index < -0.39 is 40.1 Å². The molecular formula is C18H24ClN3O6S. The van der Waals surface area contributed by atoms with Crippen molar-refractivity contribution < 1.29 is 27.5 Å². The smallest absolute Gasteiger partial charge is 0.338 e. The minimum absolute atomic E-state index is 0.00922. The third kappa shape index (κ3) is 6.41. The number of ether oxygens (including phenoxy) is 1. The molecule has 2 rings (SSSR count). The Morgan fingerprint density at radius 2 is 1.79 bits per heavy atom. The molecule has 1 heterocycles. The zero-order valence-electron chi connectivity index (χ0n) is 16.5. The van der Waals surface area contributed by atoms with E-state index in [2.05, 4.69) is 5.32 Å². The Morgan fingerprint density at radius 1 is 1.17 bits per heavy atom. The number of benzene rings is 1. The number of carbonyl (C=O) groups is 3. The van der Waals surface area contributed by atoms with Crippen molar-refractivity contribution in [3.63, 3.8) is 0 Å². The molecule has 0 aliphatic carbocycles. The van der Waals surface area contributed by atoms with Crippen LogP contribution in [0.1, 0.15) is 44.0 Å². The number of esters is 1. The second-order valence-electron chi connectivity index (χ2n) is 7.58. The first-order chi connectivity index (χ1) is 13.4. The van der Waals surface area contributed by atoms with Crippen molar-refractivity contribution in [1.29, 1.82) is 0 Å². The van der Waals surface area contributed by atoms with E-state index in [4.69, 9.17) is 16.3 Å². The van der Waals surface area contributed by atoms with Crippen LogP contribution >= 0.6 is 11.6 Å². The zero-order chi connectivity index (χ0) is 21.8. The highest BCUT2D eigenvalue weighted by Crippen LogP contribution is 2.28. The van der Waals surface area contributed by atoms with Crippen LogP contribution in [0.4, 0.5) is 4.79 Å². The maximum atomic E-state index is 12.7. The fourth-order valence-electron chi connectivity index (χ4n) is 2.64. The molecule has 0 spiro atoms. The van der Waals surface area contributed by atoms with Gasteiger partial charge in [0.15, 0.2) is 6.61 Å². The molecule has 160 valence electrons. The Balaban J connectivity index is 2.03. The quantitative estimate of drug-likeness (QED) is 0.667. The van der Waals surface area contributed by atoms with Crippen molar-refractivity contribution in [3.05, 3.63) is 28.8 Å². The standard InChI is InChI=1S/C18H24ClN3O6S/c1-18(2,3)21-17(25)20-15(23)11-28-16(24)12-6-7-13(19)14(10-12)29(26,27)22-8-4-5-9-22/h6-7,10H,4-5,8-9,11H2,1-3H3,(H2,20,21,23,25). The van der Waals surface area contributed by atoms with Crippen LogP contribution in [0, 0.1) is 0 Å². The van der Waals surface area contributed by atoms with Gasteiger partial charge in [-0.2, -0.15) is 4.31 Å². The average Bonchev–Trinajstić information content (AvgIpc) is 3.13. The molecule has 0 saturated carbocycles. The van der Waals surface area contributed by atoms with Gasteiger partial charge in [0.2, 0.25) is 10.0 Å². The minimum atomic E-state index is -3.83. The summed E-state index contributed by atoms with van der Waals surface area (Å²) in [6.07, 6.45) is 1.52. The number of urea groups is 1. The van der Waals surface area contributed by atoms with Gasteiger partial charge in [-0.05, 0) is 51.8 Å². The van der Waals surface area contributed by atoms with E-state index in [0.717, 1.165) is 18.9 Å². The van der Waals surface area contributed by atoms with Gasteiger partial charge in [-0.3, -0.25) is 10.1 Å². The van der Waals surface area contributed by atoms with Gasteiger partial charge in [0.05, 0.1) is 10.6 Å². The van der Waals surface area contributed by atoms with Gasteiger partial charge in [-0.1, -0.05) is 11.6 Å². The van der Waals surface area contributed by atoms with Crippen LogP contribution in [-0.4, -0.2) is 55.9 Å². The zero-order valence-corrected chi connectivity index (χ0v) is 18.0. The number of halogens is 1. The summed E-state index contributed by atoms with van der Waals surface area (Å²) in [5.74, 6) is -1.73. The van der Waals surface area contributed by atoms with Crippen LogP contribution in [0.15, 0.2) is 23.1 Å². The van der Waals surface area contributed by atoms with E-state index in [1.807, 2.05) is 5.32 Å². The number of rotatable bonds is 5. The van der Waals surface area contributed by atoms with Crippen molar-refractivity contribution in [1.82, 2.24) is 14.9 Å². The van der Waals surface area contributed by atoms with Crippen molar-refractivity contribution in [2.24, 2.45) is 0 Å². The number of sulfonamides is 1. The largest absolute Gasteiger partial charge is 0.452 e. The van der Waals surface area contributed by atoms with Crippen LogP contribution < -0.4 is 10.6 Å². The number of hydrogen-bond donors (Lipinski definition) is 2. The van der Waals surface area contributed by atoms with E-state index in [0.29, 0.717) is 13.1 Å².